The molecule has 0 spiro atoms. The Bertz CT molecular complexity index is 515. The van der Waals surface area contributed by atoms with Crippen LogP contribution in [0.5, 0.6) is 5.75 Å². The monoisotopic (exact) mass is 244 g/mol. The van der Waals surface area contributed by atoms with E-state index in [1.165, 1.54) is 0 Å². The van der Waals surface area contributed by atoms with Gasteiger partial charge in [0.25, 0.3) is 0 Å². The van der Waals surface area contributed by atoms with Gasteiger partial charge in [0, 0.05) is 18.3 Å². The number of aliphatic hydroxyl groups is 1. The molecule has 2 rings (SSSR count). The van der Waals surface area contributed by atoms with Crippen molar-refractivity contribution >= 4 is 0 Å². The molecule has 0 unspecified atom stereocenters. The lowest BCUT2D eigenvalue weighted by molar-refractivity contribution is 0.259. The smallest absolute Gasteiger partial charge is 0.125 e. The Morgan fingerprint density at radius 1 is 1.22 bits per heavy atom. The largest absolute Gasteiger partial charge is 0.489 e. The standard InChI is InChI=1S/C14H16N2O2/c15-8-13-7-11(5-6-16-13)10-18-14-4-2-1-3-12(14)9-17/h1-7,17H,8-10,15H2. The first-order valence-electron chi connectivity index (χ1n) is 5.79. The van der Waals surface area contributed by atoms with Crippen LogP contribution in [-0.2, 0) is 19.8 Å². The first-order chi connectivity index (χ1) is 8.83. The Hall–Kier alpha value is -1.91. The summed E-state index contributed by atoms with van der Waals surface area (Å²) in [4.78, 5) is 4.13. The van der Waals surface area contributed by atoms with Crippen molar-refractivity contribution in [3.05, 3.63) is 59.4 Å². The first kappa shape index (κ1) is 12.5. The average molecular weight is 244 g/mol. The molecule has 0 aliphatic rings. The second-order valence-corrected chi connectivity index (χ2v) is 3.91. The van der Waals surface area contributed by atoms with Crippen molar-refractivity contribution < 1.29 is 9.84 Å². The zero-order valence-electron chi connectivity index (χ0n) is 10.0. The zero-order valence-corrected chi connectivity index (χ0v) is 10.0. The molecule has 0 atom stereocenters. The molecule has 1 aromatic heterocycles. The molecule has 4 nitrogen and oxygen atoms in total. The van der Waals surface area contributed by atoms with Crippen molar-refractivity contribution in [1.29, 1.82) is 0 Å². The van der Waals surface area contributed by atoms with E-state index in [9.17, 15) is 5.11 Å². The molecule has 0 aliphatic heterocycles. The number of aromatic nitrogens is 1. The van der Waals surface area contributed by atoms with Gasteiger partial charge >= 0.3 is 0 Å². The number of rotatable bonds is 5. The molecule has 0 amide bonds. The van der Waals surface area contributed by atoms with Crippen LogP contribution >= 0.6 is 0 Å². The van der Waals surface area contributed by atoms with Gasteiger partial charge in [0.15, 0.2) is 0 Å². The average Bonchev–Trinajstić information content (AvgIpc) is 2.45. The molecule has 0 aliphatic carbocycles. The van der Waals surface area contributed by atoms with Gasteiger partial charge in [-0.25, -0.2) is 0 Å². The lowest BCUT2D eigenvalue weighted by atomic mass is 10.2. The van der Waals surface area contributed by atoms with Crippen LogP contribution in [0.2, 0.25) is 0 Å². The normalized spacial score (nSPS) is 10.3. The number of pyridine rings is 1. The van der Waals surface area contributed by atoms with Gasteiger partial charge in [0.2, 0.25) is 0 Å². The first-order valence-corrected chi connectivity index (χ1v) is 5.79. The Labute approximate surface area is 106 Å². The number of ether oxygens (including phenoxy) is 1. The second kappa shape index (κ2) is 6.14. The highest BCUT2D eigenvalue weighted by Crippen LogP contribution is 2.19. The lowest BCUT2D eigenvalue weighted by Crippen LogP contribution is -2.03. The lowest BCUT2D eigenvalue weighted by Gasteiger charge is -2.10. The Kier molecular flexibility index (Phi) is 4.28. The molecule has 4 heteroatoms. The summed E-state index contributed by atoms with van der Waals surface area (Å²) in [5, 5.41) is 9.19. The van der Waals surface area contributed by atoms with Crippen LogP contribution in [0.15, 0.2) is 42.6 Å². The summed E-state index contributed by atoms with van der Waals surface area (Å²) < 4.78 is 5.68. The highest BCUT2D eigenvalue weighted by atomic mass is 16.5. The number of benzene rings is 1. The number of hydrogen-bond acceptors (Lipinski definition) is 4. The van der Waals surface area contributed by atoms with Crippen molar-refractivity contribution in [2.45, 2.75) is 19.8 Å². The van der Waals surface area contributed by atoms with Crippen LogP contribution in [0.1, 0.15) is 16.8 Å². The molecule has 18 heavy (non-hydrogen) atoms. The second-order valence-electron chi connectivity index (χ2n) is 3.91. The van der Waals surface area contributed by atoms with Crippen LogP contribution in [0, 0.1) is 0 Å². The fourth-order valence-electron chi connectivity index (χ4n) is 1.67. The predicted octanol–water partition coefficient (Wildman–Crippen LogP) is 1.61. The SMILES string of the molecule is NCc1cc(COc2ccccc2CO)ccn1. The van der Waals surface area contributed by atoms with Gasteiger partial charge in [-0.15, -0.1) is 0 Å². The van der Waals surface area contributed by atoms with Crippen molar-refractivity contribution in [3.8, 4) is 5.75 Å². The van der Waals surface area contributed by atoms with E-state index in [1.54, 1.807) is 6.20 Å². The summed E-state index contributed by atoms with van der Waals surface area (Å²) in [5.74, 6) is 0.700. The zero-order chi connectivity index (χ0) is 12.8. The van der Waals surface area contributed by atoms with Crippen molar-refractivity contribution in [1.82, 2.24) is 4.98 Å². The molecule has 0 radical (unpaired) electrons. The number of nitrogens with two attached hydrogens (primary N) is 1. The van der Waals surface area contributed by atoms with Crippen LogP contribution in [0.25, 0.3) is 0 Å². The van der Waals surface area contributed by atoms with E-state index in [0.717, 1.165) is 16.8 Å². The van der Waals surface area contributed by atoms with Gasteiger partial charge in [-0.2, -0.15) is 0 Å². The minimum absolute atomic E-state index is 0.0272. The van der Waals surface area contributed by atoms with Crippen molar-refractivity contribution in [2.75, 3.05) is 0 Å². The third kappa shape index (κ3) is 3.06. The van der Waals surface area contributed by atoms with Crippen LogP contribution < -0.4 is 10.5 Å². The summed E-state index contributed by atoms with van der Waals surface area (Å²) in [7, 11) is 0. The molecule has 0 saturated heterocycles. The molecule has 0 bridgehead atoms. The Balaban J connectivity index is 2.06. The highest BCUT2D eigenvalue weighted by molar-refractivity contribution is 5.33. The summed E-state index contributed by atoms with van der Waals surface area (Å²) in [5.41, 5.74) is 8.17. The van der Waals surface area contributed by atoms with E-state index in [-0.39, 0.29) is 6.61 Å². The minimum atomic E-state index is -0.0272. The highest BCUT2D eigenvalue weighted by Gasteiger charge is 2.02. The molecule has 1 heterocycles. The molecule has 0 saturated carbocycles. The van der Waals surface area contributed by atoms with Gasteiger partial charge in [-0.1, -0.05) is 18.2 Å². The molecule has 1 aromatic carbocycles. The number of para-hydroxylation sites is 1. The third-order valence-electron chi connectivity index (χ3n) is 2.63. The van der Waals surface area contributed by atoms with Crippen molar-refractivity contribution in [3.63, 3.8) is 0 Å². The summed E-state index contributed by atoms with van der Waals surface area (Å²) in [6.07, 6.45) is 1.72. The van der Waals surface area contributed by atoms with E-state index in [0.29, 0.717) is 18.9 Å². The van der Waals surface area contributed by atoms with Gasteiger partial charge in [0.1, 0.15) is 12.4 Å². The summed E-state index contributed by atoms with van der Waals surface area (Å²) in [6, 6.07) is 11.2. The van der Waals surface area contributed by atoms with E-state index in [1.807, 2.05) is 36.4 Å². The quantitative estimate of drug-likeness (QED) is 0.838. The number of aliphatic hydroxyl groups excluding tert-OH is 1. The van der Waals surface area contributed by atoms with Crippen molar-refractivity contribution in [2.24, 2.45) is 5.73 Å². The van der Waals surface area contributed by atoms with E-state index in [2.05, 4.69) is 4.98 Å². The van der Waals surface area contributed by atoms with Crippen LogP contribution in [0.3, 0.4) is 0 Å². The van der Waals surface area contributed by atoms with Crippen LogP contribution in [0.4, 0.5) is 0 Å². The van der Waals surface area contributed by atoms with E-state index >= 15 is 0 Å². The van der Waals surface area contributed by atoms with Gasteiger partial charge < -0.3 is 15.6 Å². The molecule has 3 N–H and O–H groups in total. The molecule has 94 valence electrons. The fraction of sp³-hybridized carbons (Fsp3) is 0.214. The number of nitrogens with zero attached hydrogens (tertiary/aromatic N) is 1. The number of hydrogen-bond donors (Lipinski definition) is 2. The van der Waals surface area contributed by atoms with E-state index in [4.69, 9.17) is 10.5 Å². The summed E-state index contributed by atoms with van der Waals surface area (Å²) >= 11 is 0. The molecule has 2 aromatic rings. The Morgan fingerprint density at radius 2 is 2.06 bits per heavy atom. The van der Waals surface area contributed by atoms with Gasteiger partial charge in [0.05, 0.1) is 12.3 Å². The minimum Gasteiger partial charge on any atom is -0.489 e. The predicted molar refractivity (Wildman–Crippen MR) is 68.8 cm³/mol. The van der Waals surface area contributed by atoms with E-state index < -0.39 is 0 Å². The Morgan fingerprint density at radius 3 is 2.83 bits per heavy atom. The molecule has 0 fully saturated rings. The summed E-state index contributed by atoms with van der Waals surface area (Å²) in [6.45, 7) is 0.828. The maximum Gasteiger partial charge on any atom is 0.125 e. The maximum absolute atomic E-state index is 9.19. The topological polar surface area (TPSA) is 68.4 Å². The molecular weight excluding hydrogens is 228 g/mol. The van der Waals surface area contributed by atoms with Crippen LogP contribution in [-0.4, -0.2) is 10.1 Å². The maximum atomic E-state index is 9.19. The fourth-order valence-corrected chi connectivity index (χ4v) is 1.67. The third-order valence-corrected chi connectivity index (χ3v) is 2.63. The van der Waals surface area contributed by atoms with Gasteiger partial charge in [-0.05, 0) is 23.8 Å². The molecular formula is C14H16N2O2. The van der Waals surface area contributed by atoms with Gasteiger partial charge in [-0.3, -0.25) is 4.98 Å².